The molecule has 0 radical (unpaired) electrons. The number of hydrogen-bond acceptors (Lipinski definition) is 3. The van der Waals surface area contributed by atoms with Gasteiger partial charge in [0.05, 0.1) is 5.56 Å². The van der Waals surface area contributed by atoms with Gasteiger partial charge in [0, 0.05) is 53.0 Å². The second kappa shape index (κ2) is 8.43. The summed E-state index contributed by atoms with van der Waals surface area (Å²) < 4.78 is 8.37. The highest BCUT2D eigenvalue weighted by molar-refractivity contribution is 5.99. The molecule has 2 heterocycles. The summed E-state index contributed by atoms with van der Waals surface area (Å²) in [5, 5.41) is 1.15. The number of nitrogens with zero attached hydrogens (tertiary/aromatic N) is 2. The Kier molecular flexibility index (Phi) is 5.45. The number of para-hydroxylation sites is 1. The zero-order valence-corrected chi connectivity index (χ0v) is 19.8. The predicted octanol–water partition coefficient (Wildman–Crippen LogP) is 6.74. The molecule has 0 fully saturated rings. The first-order valence-corrected chi connectivity index (χ1v) is 11.9. The molecule has 3 aromatic carbocycles. The van der Waals surface area contributed by atoms with E-state index in [4.69, 9.17) is 4.74 Å². The lowest BCUT2D eigenvalue weighted by molar-refractivity contribution is 0.0457. The van der Waals surface area contributed by atoms with E-state index in [9.17, 15) is 4.79 Å². The molecule has 0 N–H and O–H groups in total. The van der Waals surface area contributed by atoms with Gasteiger partial charge in [-0.3, -0.25) is 0 Å². The van der Waals surface area contributed by atoms with Gasteiger partial charge in [-0.25, -0.2) is 4.79 Å². The van der Waals surface area contributed by atoms with Crippen molar-refractivity contribution >= 4 is 22.6 Å². The number of aryl methyl sites for hydroxylation is 1. The number of rotatable bonds is 6. The average molecular weight is 439 g/mol. The maximum atomic E-state index is 12.9. The Morgan fingerprint density at radius 3 is 2.24 bits per heavy atom. The Bertz CT molecular complexity index is 1330. The Hall–Kier alpha value is -3.53. The van der Waals surface area contributed by atoms with E-state index in [-0.39, 0.29) is 5.97 Å². The SMILES string of the molecule is CCN(CC)c1ccc(-c2cccc3c2C(c2c(C)n(CC)c4ccccc24)OC3=O)cc1. The van der Waals surface area contributed by atoms with E-state index in [0.717, 1.165) is 53.0 Å². The van der Waals surface area contributed by atoms with E-state index in [1.165, 1.54) is 11.2 Å². The third-order valence-corrected chi connectivity index (χ3v) is 6.98. The number of benzene rings is 3. The third-order valence-electron chi connectivity index (χ3n) is 6.98. The molecule has 0 spiro atoms. The molecule has 0 saturated carbocycles. The van der Waals surface area contributed by atoms with Crippen molar-refractivity contribution in [3.63, 3.8) is 0 Å². The molecular weight excluding hydrogens is 408 g/mol. The van der Waals surface area contributed by atoms with Crippen LogP contribution >= 0.6 is 0 Å². The molecule has 4 aromatic rings. The van der Waals surface area contributed by atoms with Crippen LogP contribution in [0.15, 0.2) is 66.7 Å². The molecule has 168 valence electrons. The highest BCUT2D eigenvalue weighted by atomic mass is 16.5. The number of carbonyl (C=O) groups is 1. The maximum absolute atomic E-state index is 12.9. The smallest absolute Gasteiger partial charge is 0.339 e. The first kappa shape index (κ1) is 21.3. The van der Waals surface area contributed by atoms with Gasteiger partial charge in [0.2, 0.25) is 0 Å². The van der Waals surface area contributed by atoms with Gasteiger partial charge in [0.1, 0.15) is 0 Å². The van der Waals surface area contributed by atoms with Crippen LogP contribution in [0.5, 0.6) is 0 Å². The summed E-state index contributed by atoms with van der Waals surface area (Å²) in [5.74, 6) is -0.246. The van der Waals surface area contributed by atoms with Gasteiger partial charge in [-0.05, 0) is 63.1 Å². The zero-order chi connectivity index (χ0) is 23.1. The Morgan fingerprint density at radius 1 is 0.848 bits per heavy atom. The predicted molar refractivity (Wildman–Crippen MR) is 135 cm³/mol. The number of hydrogen-bond donors (Lipinski definition) is 0. The van der Waals surface area contributed by atoms with Crippen LogP contribution in [0.4, 0.5) is 5.69 Å². The molecule has 1 atom stereocenters. The lowest BCUT2D eigenvalue weighted by Crippen LogP contribution is -2.21. The van der Waals surface area contributed by atoms with Gasteiger partial charge in [-0.15, -0.1) is 0 Å². The fraction of sp³-hybridized carbons (Fsp3) is 0.276. The lowest BCUT2D eigenvalue weighted by Gasteiger charge is -2.21. The molecule has 1 unspecified atom stereocenters. The Morgan fingerprint density at radius 2 is 1.55 bits per heavy atom. The highest BCUT2D eigenvalue weighted by Gasteiger charge is 2.37. The van der Waals surface area contributed by atoms with E-state index in [2.05, 4.69) is 91.8 Å². The molecule has 1 aliphatic heterocycles. The summed E-state index contributed by atoms with van der Waals surface area (Å²) in [6.45, 7) is 11.4. The van der Waals surface area contributed by atoms with Gasteiger partial charge in [-0.1, -0.05) is 42.5 Å². The van der Waals surface area contributed by atoms with E-state index in [0.29, 0.717) is 5.56 Å². The van der Waals surface area contributed by atoms with Crippen LogP contribution in [0.25, 0.3) is 22.0 Å². The second-order valence-electron chi connectivity index (χ2n) is 8.53. The van der Waals surface area contributed by atoms with Crippen molar-refractivity contribution in [2.24, 2.45) is 0 Å². The van der Waals surface area contributed by atoms with Crippen LogP contribution in [0.3, 0.4) is 0 Å². The van der Waals surface area contributed by atoms with Crippen molar-refractivity contribution in [3.05, 3.63) is 89.1 Å². The van der Waals surface area contributed by atoms with Crippen molar-refractivity contribution in [2.75, 3.05) is 18.0 Å². The second-order valence-corrected chi connectivity index (χ2v) is 8.53. The highest BCUT2D eigenvalue weighted by Crippen LogP contribution is 2.45. The van der Waals surface area contributed by atoms with Crippen LogP contribution in [0, 0.1) is 6.92 Å². The van der Waals surface area contributed by atoms with Crippen molar-refractivity contribution < 1.29 is 9.53 Å². The van der Waals surface area contributed by atoms with Crippen molar-refractivity contribution in [1.82, 2.24) is 4.57 Å². The minimum absolute atomic E-state index is 0.246. The monoisotopic (exact) mass is 438 g/mol. The molecule has 33 heavy (non-hydrogen) atoms. The molecule has 4 heteroatoms. The molecule has 5 rings (SSSR count). The van der Waals surface area contributed by atoms with Crippen molar-refractivity contribution in [2.45, 2.75) is 40.3 Å². The summed E-state index contributed by atoms with van der Waals surface area (Å²) in [5.41, 5.74) is 8.42. The molecule has 0 saturated heterocycles. The minimum Gasteiger partial charge on any atom is -0.449 e. The molecule has 4 nitrogen and oxygen atoms in total. The quantitative estimate of drug-likeness (QED) is 0.313. The van der Waals surface area contributed by atoms with Crippen molar-refractivity contribution in [1.29, 1.82) is 0 Å². The normalized spacial score (nSPS) is 15.0. The summed E-state index contributed by atoms with van der Waals surface area (Å²) in [4.78, 5) is 15.3. The number of esters is 1. The molecule has 0 bridgehead atoms. The van der Waals surface area contributed by atoms with Gasteiger partial charge < -0.3 is 14.2 Å². The number of ether oxygens (including phenoxy) is 1. The molecule has 0 amide bonds. The number of carbonyl (C=O) groups excluding carboxylic acids is 1. The molecule has 0 aliphatic carbocycles. The molecular formula is C29H30N2O2. The summed E-state index contributed by atoms with van der Waals surface area (Å²) in [7, 11) is 0. The van der Waals surface area contributed by atoms with Crippen molar-refractivity contribution in [3.8, 4) is 11.1 Å². The minimum atomic E-state index is -0.413. The first-order valence-electron chi connectivity index (χ1n) is 11.9. The van der Waals surface area contributed by atoms with Crippen LogP contribution in [0.1, 0.15) is 54.1 Å². The summed E-state index contributed by atoms with van der Waals surface area (Å²) >= 11 is 0. The van der Waals surface area contributed by atoms with E-state index in [1.54, 1.807) is 0 Å². The van der Waals surface area contributed by atoms with Gasteiger partial charge in [0.15, 0.2) is 6.10 Å². The van der Waals surface area contributed by atoms with Crippen LogP contribution in [0.2, 0.25) is 0 Å². The van der Waals surface area contributed by atoms with Crippen LogP contribution in [-0.4, -0.2) is 23.6 Å². The molecule has 1 aromatic heterocycles. The fourth-order valence-corrected chi connectivity index (χ4v) is 5.35. The van der Waals surface area contributed by atoms with Gasteiger partial charge >= 0.3 is 5.97 Å². The first-order chi connectivity index (χ1) is 16.1. The number of fused-ring (bicyclic) bond motifs is 2. The van der Waals surface area contributed by atoms with Crippen LogP contribution in [-0.2, 0) is 11.3 Å². The number of aromatic nitrogens is 1. The topological polar surface area (TPSA) is 34.5 Å². The zero-order valence-electron chi connectivity index (χ0n) is 19.8. The maximum Gasteiger partial charge on any atom is 0.339 e. The Labute approximate surface area is 195 Å². The third kappa shape index (κ3) is 3.32. The average Bonchev–Trinajstić information content (AvgIpc) is 3.33. The summed E-state index contributed by atoms with van der Waals surface area (Å²) in [6.07, 6.45) is -0.413. The van der Waals surface area contributed by atoms with E-state index in [1.807, 2.05) is 12.1 Å². The van der Waals surface area contributed by atoms with E-state index < -0.39 is 6.10 Å². The standard InChI is InChI=1S/C29H30N2O2/c1-5-30(6-2)21-17-15-20(16-18-21)22-12-10-13-24-27(22)28(33-29(24)32)26-19(4)31(7-3)25-14-9-8-11-23(25)26/h8-18,28H,5-7H2,1-4H3. The van der Waals surface area contributed by atoms with E-state index >= 15 is 0 Å². The molecule has 1 aliphatic rings. The van der Waals surface area contributed by atoms with Gasteiger partial charge in [-0.2, -0.15) is 0 Å². The number of cyclic esters (lactones) is 1. The fourth-order valence-electron chi connectivity index (χ4n) is 5.35. The summed E-state index contributed by atoms with van der Waals surface area (Å²) in [6, 6.07) is 23.0. The van der Waals surface area contributed by atoms with Gasteiger partial charge in [0.25, 0.3) is 0 Å². The Balaban J connectivity index is 1.68. The lowest BCUT2D eigenvalue weighted by atomic mass is 9.89. The van der Waals surface area contributed by atoms with Crippen LogP contribution < -0.4 is 4.90 Å². The number of anilines is 1. The largest absolute Gasteiger partial charge is 0.449 e.